The number of anilines is 1. The van der Waals surface area contributed by atoms with Crippen LogP contribution in [0.5, 0.6) is 0 Å². The number of hydrogen-bond acceptors (Lipinski definition) is 2. The average molecular weight is 302 g/mol. The molecule has 0 saturated heterocycles. The van der Waals surface area contributed by atoms with Crippen LogP contribution in [0.3, 0.4) is 0 Å². The molecule has 114 valence electrons. The van der Waals surface area contributed by atoms with Crippen LogP contribution in [0.15, 0.2) is 67.0 Å². The zero-order valence-electron chi connectivity index (χ0n) is 12.8. The van der Waals surface area contributed by atoms with Crippen molar-refractivity contribution in [3.05, 3.63) is 72.6 Å². The number of pyridine rings is 1. The van der Waals surface area contributed by atoms with Crippen molar-refractivity contribution in [3.8, 4) is 0 Å². The van der Waals surface area contributed by atoms with E-state index in [2.05, 4.69) is 34.6 Å². The molecule has 3 aromatic rings. The molecule has 2 atom stereocenters. The van der Waals surface area contributed by atoms with Gasteiger partial charge in [-0.05, 0) is 47.9 Å². The van der Waals surface area contributed by atoms with Gasteiger partial charge in [0.05, 0.1) is 0 Å². The lowest BCUT2D eigenvalue weighted by molar-refractivity contribution is -0.117. The van der Waals surface area contributed by atoms with Gasteiger partial charge in [0, 0.05) is 29.4 Å². The van der Waals surface area contributed by atoms with Crippen LogP contribution in [0, 0.1) is 11.8 Å². The Labute approximate surface area is 135 Å². The molecule has 0 spiro atoms. The summed E-state index contributed by atoms with van der Waals surface area (Å²) in [5.74, 6) is 0.754. The third kappa shape index (κ3) is 3.09. The molecule has 4 rings (SSSR count). The minimum atomic E-state index is 0.138. The van der Waals surface area contributed by atoms with Crippen LogP contribution in [0.2, 0.25) is 0 Å². The molecule has 1 fully saturated rings. The van der Waals surface area contributed by atoms with Crippen LogP contribution in [-0.2, 0) is 11.2 Å². The summed E-state index contributed by atoms with van der Waals surface area (Å²) in [6, 6.07) is 18.3. The van der Waals surface area contributed by atoms with Crippen LogP contribution in [0.25, 0.3) is 10.8 Å². The Morgan fingerprint density at radius 3 is 2.83 bits per heavy atom. The molecule has 2 unspecified atom stereocenters. The Morgan fingerprint density at radius 2 is 1.96 bits per heavy atom. The summed E-state index contributed by atoms with van der Waals surface area (Å²) in [7, 11) is 0. The minimum Gasteiger partial charge on any atom is -0.326 e. The largest absolute Gasteiger partial charge is 0.326 e. The molecular formula is C20H18N2O. The van der Waals surface area contributed by atoms with Gasteiger partial charge in [0.25, 0.3) is 0 Å². The minimum absolute atomic E-state index is 0.138. The first-order valence-corrected chi connectivity index (χ1v) is 7.98. The molecule has 3 nitrogen and oxygen atoms in total. The maximum atomic E-state index is 12.4. The molecule has 1 saturated carbocycles. The molecular weight excluding hydrogens is 284 g/mol. The number of aromatic nitrogens is 1. The average Bonchev–Trinajstić information content (AvgIpc) is 3.35. The quantitative estimate of drug-likeness (QED) is 0.790. The highest BCUT2D eigenvalue weighted by Crippen LogP contribution is 2.41. The van der Waals surface area contributed by atoms with Gasteiger partial charge in [-0.3, -0.25) is 9.78 Å². The molecule has 23 heavy (non-hydrogen) atoms. The van der Waals surface area contributed by atoms with Gasteiger partial charge in [0.2, 0.25) is 5.91 Å². The first kappa shape index (κ1) is 13.9. The second-order valence-electron chi connectivity index (χ2n) is 6.22. The van der Waals surface area contributed by atoms with Crippen LogP contribution in [-0.4, -0.2) is 10.9 Å². The maximum Gasteiger partial charge on any atom is 0.227 e. The Balaban J connectivity index is 1.40. The summed E-state index contributed by atoms with van der Waals surface area (Å²) in [5, 5.41) is 5.23. The lowest BCUT2D eigenvalue weighted by Crippen LogP contribution is -2.15. The highest BCUT2D eigenvalue weighted by molar-refractivity contribution is 5.96. The van der Waals surface area contributed by atoms with Gasteiger partial charge in [0.15, 0.2) is 0 Å². The van der Waals surface area contributed by atoms with E-state index in [-0.39, 0.29) is 11.8 Å². The number of carbonyl (C=O) groups is 1. The van der Waals surface area contributed by atoms with Crippen molar-refractivity contribution in [3.63, 3.8) is 0 Å². The lowest BCUT2D eigenvalue weighted by atomic mass is 10.1. The summed E-state index contributed by atoms with van der Waals surface area (Å²) in [6.07, 6.45) is 5.57. The zero-order valence-corrected chi connectivity index (χ0v) is 12.8. The number of fused-ring (bicyclic) bond motifs is 1. The Morgan fingerprint density at radius 1 is 1.09 bits per heavy atom. The van der Waals surface area contributed by atoms with Crippen molar-refractivity contribution in [1.29, 1.82) is 0 Å². The van der Waals surface area contributed by atoms with E-state index in [9.17, 15) is 4.79 Å². The molecule has 0 radical (unpaired) electrons. The van der Waals surface area contributed by atoms with Gasteiger partial charge in [-0.25, -0.2) is 0 Å². The topological polar surface area (TPSA) is 42.0 Å². The van der Waals surface area contributed by atoms with E-state index in [1.54, 1.807) is 6.20 Å². The van der Waals surface area contributed by atoms with E-state index < -0.39 is 0 Å². The molecule has 1 heterocycles. The molecule has 1 aliphatic carbocycles. The van der Waals surface area contributed by atoms with Gasteiger partial charge >= 0.3 is 0 Å². The van der Waals surface area contributed by atoms with Gasteiger partial charge in [0.1, 0.15) is 0 Å². The lowest BCUT2D eigenvalue weighted by Gasteiger charge is -2.06. The fourth-order valence-corrected chi connectivity index (χ4v) is 3.11. The van der Waals surface area contributed by atoms with E-state index in [1.165, 1.54) is 5.56 Å². The zero-order chi connectivity index (χ0) is 15.6. The van der Waals surface area contributed by atoms with E-state index in [0.29, 0.717) is 5.92 Å². The number of amides is 1. The maximum absolute atomic E-state index is 12.4. The standard InChI is InChI=1S/C20H18N2O/c23-20(19-12-17(19)10-14-4-2-1-3-5-14)22-18-7-6-16-13-21-9-8-15(16)11-18/h1-9,11,13,17,19H,10,12H2,(H,22,23). The van der Waals surface area contributed by atoms with E-state index in [1.807, 2.05) is 36.5 Å². The SMILES string of the molecule is O=C(Nc1ccc2cnccc2c1)C1CC1Cc1ccccc1. The van der Waals surface area contributed by atoms with Gasteiger partial charge in [-0.1, -0.05) is 36.4 Å². The van der Waals surface area contributed by atoms with Crippen molar-refractivity contribution in [1.82, 2.24) is 4.98 Å². The Kier molecular flexibility index (Phi) is 3.54. The van der Waals surface area contributed by atoms with Crippen molar-refractivity contribution in [2.24, 2.45) is 11.8 Å². The molecule has 1 aliphatic rings. The molecule has 0 bridgehead atoms. The highest BCUT2D eigenvalue weighted by Gasteiger charge is 2.42. The number of nitrogens with one attached hydrogen (secondary N) is 1. The highest BCUT2D eigenvalue weighted by atomic mass is 16.2. The molecule has 0 aliphatic heterocycles. The fraction of sp³-hybridized carbons (Fsp3) is 0.200. The predicted octanol–water partition coefficient (Wildman–Crippen LogP) is 4.05. The van der Waals surface area contributed by atoms with Crippen molar-refractivity contribution in [2.75, 3.05) is 5.32 Å². The van der Waals surface area contributed by atoms with Crippen LogP contribution < -0.4 is 5.32 Å². The number of nitrogens with zero attached hydrogens (tertiary/aromatic N) is 1. The van der Waals surface area contributed by atoms with E-state index in [4.69, 9.17) is 0 Å². The second kappa shape index (κ2) is 5.84. The smallest absolute Gasteiger partial charge is 0.227 e. The second-order valence-corrected chi connectivity index (χ2v) is 6.22. The summed E-state index contributed by atoms with van der Waals surface area (Å²) in [6.45, 7) is 0. The number of carbonyl (C=O) groups excluding carboxylic acids is 1. The Bertz CT molecular complexity index is 844. The first-order chi connectivity index (χ1) is 11.3. The molecule has 3 heteroatoms. The number of hydrogen-bond donors (Lipinski definition) is 1. The van der Waals surface area contributed by atoms with E-state index in [0.717, 1.165) is 29.3 Å². The number of benzene rings is 2. The van der Waals surface area contributed by atoms with Crippen molar-refractivity contribution in [2.45, 2.75) is 12.8 Å². The fourth-order valence-electron chi connectivity index (χ4n) is 3.11. The van der Waals surface area contributed by atoms with Crippen molar-refractivity contribution < 1.29 is 4.79 Å². The molecule has 1 amide bonds. The molecule has 1 aromatic heterocycles. The van der Waals surface area contributed by atoms with Crippen LogP contribution in [0.1, 0.15) is 12.0 Å². The predicted molar refractivity (Wildman–Crippen MR) is 92.1 cm³/mol. The van der Waals surface area contributed by atoms with E-state index >= 15 is 0 Å². The third-order valence-electron chi connectivity index (χ3n) is 4.51. The van der Waals surface area contributed by atoms with Gasteiger partial charge in [-0.15, -0.1) is 0 Å². The summed E-state index contributed by atoms with van der Waals surface area (Å²) in [5.41, 5.74) is 2.17. The van der Waals surface area contributed by atoms with Crippen LogP contribution >= 0.6 is 0 Å². The monoisotopic (exact) mass is 302 g/mol. The van der Waals surface area contributed by atoms with Crippen molar-refractivity contribution >= 4 is 22.4 Å². The molecule has 1 N–H and O–H groups in total. The van der Waals surface area contributed by atoms with Gasteiger partial charge in [-0.2, -0.15) is 0 Å². The summed E-state index contributed by atoms with van der Waals surface area (Å²) < 4.78 is 0. The van der Waals surface area contributed by atoms with Gasteiger partial charge < -0.3 is 5.32 Å². The normalized spacial score (nSPS) is 19.5. The number of rotatable bonds is 4. The third-order valence-corrected chi connectivity index (χ3v) is 4.51. The van der Waals surface area contributed by atoms with Crippen LogP contribution in [0.4, 0.5) is 5.69 Å². The molecule has 2 aromatic carbocycles. The first-order valence-electron chi connectivity index (χ1n) is 7.98. The summed E-state index contributed by atoms with van der Waals surface area (Å²) >= 11 is 0. The summed E-state index contributed by atoms with van der Waals surface area (Å²) in [4.78, 5) is 16.5. The Hall–Kier alpha value is -2.68.